The number of nitrogens with zero attached hydrogens (tertiary/aromatic N) is 3. The van der Waals surface area contributed by atoms with Gasteiger partial charge in [-0.05, 0) is 81.7 Å². The predicted octanol–water partition coefficient (Wildman–Crippen LogP) is 2.39. The number of ketones is 1. The van der Waals surface area contributed by atoms with E-state index >= 15 is 0 Å². The molecule has 0 aromatic carbocycles. The van der Waals surface area contributed by atoms with E-state index < -0.39 is 22.8 Å². The highest BCUT2D eigenvalue weighted by Crippen LogP contribution is 2.18. The molecule has 0 aromatic heterocycles. The standard InChI is InChI=1S/C30H56N4O7/c1-28(2,3)39-25(36)21-32-15-16-33(22-26(37)40-29(4,5)6)18-20-34(19-17-32)24(27(38)41-30(7,8)9)13-12-23(35)11-10-14-31/h24H,10-22,31H2,1-9H3. The molecule has 1 fully saturated rings. The Bertz CT molecular complexity index is 816. The molecule has 1 heterocycles. The molecule has 1 saturated heterocycles. The molecule has 0 bridgehead atoms. The Balaban J connectivity index is 3.21. The van der Waals surface area contributed by atoms with Crippen LogP contribution in [0.4, 0.5) is 0 Å². The van der Waals surface area contributed by atoms with Crippen molar-refractivity contribution in [2.24, 2.45) is 5.73 Å². The van der Waals surface area contributed by atoms with Crippen LogP contribution in [0.5, 0.6) is 0 Å². The van der Waals surface area contributed by atoms with Crippen LogP contribution in [0.3, 0.4) is 0 Å². The van der Waals surface area contributed by atoms with Gasteiger partial charge in [0.25, 0.3) is 0 Å². The zero-order valence-corrected chi connectivity index (χ0v) is 27.0. The number of hydrogen-bond acceptors (Lipinski definition) is 11. The van der Waals surface area contributed by atoms with Crippen molar-refractivity contribution >= 4 is 23.7 Å². The Morgan fingerprint density at radius 2 is 1.07 bits per heavy atom. The van der Waals surface area contributed by atoms with Gasteiger partial charge in [0.05, 0.1) is 13.1 Å². The van der Waals surface area contributed by atoms with E-state index in [2.05, 4.69) is 0 Å². The molecule has 0 amide bonds. The van der Waals surface area contributed by atoms with Gasteiger partial charge in [0.1, 0.15) is 28.6 Å². The van der Waals surface area contributed by atoms with Crippen LogP contribution in [0, 0.1) is 0 Å². The quantitative estimate of drug-likeness (QED) is 0.268. The van der Waals surface area contributed by atoms with Gasteiger partial charge >= 0.3 is 17.9 Å². The number of carbonyl (C=O) groups excluding carboxylic acids is 4. The lowest BCUT2D eigenvalue weighted by atomic mass is 10.0. The lowest BCUT2D eigenvalue weighted by Crippen LogP contribution is -2.49. The van der Waals surface area contributed by atoms with Crippen molar-refractivity contribution < 1.29 is 33.4 Å². The average Bonchev–Trinajstić information content (AvgIpc) is 2.86. The van der Waals surface area contributed by atoms with Crippen LogP contribution in [0.1, 0.15) is 88.0 Å². The van der Waals surface area contributed by atoms with Crippen molar-refractivity contribution in [2.75, 3.05) is 58.9 Å². The van der Waals surface area contributed by atoms with Crippen LogP contribution >= 0.6 is 0 Å². The van der Waals surface area contributed by atoms with E-state index in [-0.39, 0.29) is 43.2 Å². The average molecular weight is 585 g/mol. The summed E-state index contributed by atoms with van der Waals surface area (Å²) in [5.74, 6) is -1.00. The second-order valence-electron chi connectivity index (χ2n) is 13.8. The van der Waals surface area contributed by atoms with Gasteiger partial charge in [0, 0.05) is 52.1 Å². The summed E-state index contributed by atoms with van der Waals surface area (Å²) < 4.78 is 16.9. The molecule has 0 spiro atoms. The van der Waals surface area contributed by atoms with Gasteiger partial charge in [-0.3, -0.25) is 33.9 Å². The van der Waals surface area contributed by atoms with Crippen LogP contribution in [-0.4, -0.2) is 120 Å². The summed E-state index contributed by atoms with van der Waals surface area (Å²) in [6, 6.07) is -0.652. The minimum atomic E-state index is -0.690. The predicted molar refractivity (Wildman–Crippen MR) is 158 cm³/mol. The van der Waals surface area contributed by atoms with E-state index in [4.69, 9.17) is 19.9 Å². The fourth-order valence-electron chi connectivity index (χ4n) is 4.44. The van der Waals surface area contributed by atoms with E-state index in [0.717, 1.165) is 0 Å². The van der Waals surface area contributed by atoms with Gasteiger partial charge < -0.3 is 19.9 Å². The molecule has 1 atom stereocenters. The monoisotopic (exact) mass is 584 g/mol. The molecule has 1 aliphatic heterocycles. The van der Waals surface area contributed by atoms with Crippen LogP contribution in [-0.2, 0) is 33.4 Å². The maximum Gasteiger partial charge on any atom is 0.323 e. The maximum absolute atomic E-state index is 13.4. The van der Waals surface area contributed by atoms with Crippen molar-refractivity contribution in [3.63, 3.8) is 0 Å². The van der Waals surface area contributed by atoms with Crippen molar-refractivity contribution in [1.29, 1.82) is 0 Å². The third-order valence-electron chi connectivity index (χ3n) is 6.16. The molecule has 1 aliphatic rings. The van der Waals surface area contributed by atoms with Gasteiger partial charge in [-0.25, -0.2) is 0 Å². The van der Waals surface area contributed by atoms with E-state index in [1.54, 1.807) is 0 Å². The topological polar surface area (TPSA) is 132 Å². The fraction of sp³-hybridized carbons (Fsp3) is 0.867. The highest BCUT2D eigenvalue weighted by Gasteiger charge is 2.33. The molecule has 41 heavy (non-hydrogen) atoms. The zero-order chi connectivity index (χ0) is 31.4. The normalized spacial score (nSPS) is 17.6. The van der Waals surface area contributed by atoms with Gasteiger partial charge in [-0.1, -0.05) is 0 Å². The molecule has 11 nitrogen and oxygen atoms in total. The minimum absolute atomic E-state index is 0.0615. The van der Waals surface area contributed by atoms with Crippen LogP contribution in [0.15, 0.2) is 0 Å². The van der Waals surface area contributed by atoms with Crippen molar-refractivity contribution in [3.05, 3.63) is 0 Å². The molecular weight excluding hydrogens is 528 g/mol. The van der Waals surface area contributed by atoms with E-state index in [1.165, 1.54) is 0 Å². The summed E-state index contributed by atoms with van der Waals surface area (Å²) in [4.78, 5) is 57.3. The lowest BCUT2D eigenvalue weighted by molar-refractivity contribution is -0.163. The SMILES string of the molecule is CC(C)(C)OC(=O)CN1CCN(CC(=O)OC(C)(C)C)CCN(C(CCC(=O)CCCN)C(=O)OC(C)(C)C)CC1. The van der Waals surface area contributed by atoms with Crippen LogP contribution in [0.2, 0.25) is 0 Å². The Morgan fingerprint density at radius 3 is 1.46 bits per heavy atom. The number of carbonyl (C=O) groups is 4. The number of Topliss-reactive ketones (excluding diaryl/α,β-unsaturated/α-hetero) is 1. The summed E-state index contributed by atoms with van der Waals surface area (Å²) in [6.07, 6.45) is 1.55. The molecule has 0 aromatic rings. The Hall–Kier alpha value is -2.08. The van der Waals surface area contributed by atoms with E-state index in [9.17, 15) is 19.2 Å². The van der Waals surface area contributed by atoms with Crippen LogP contribution < -0.4 is 5.73 Å². The van der Waals surface area contributed by atoms with Crippen molar-refractivity contribution in [3.8, 4) is 0 Å². The smallest absolute Gasteiger partial charge is 0.323 e. The summed E-state index contributed by atoms with van der Waals surface area (Å²) in [6.45, 7) is 20.0. The van der Waals surface area contributed by atoms with Gasteiger partial charge in [0.2, 0.25) is 0 Å². The first-order valence-electron chi connectivity index (χ1n) is 14.8. The number of rotatable bonds is 12. The molecule has 0 radical (unpaired) electrons. The van der Waals surface area contributed by atoms with Crippen molar-refractivity contribution in [1.82, 2.24) is 14.7 Å². The molecule has 238 valence electrons. The van der Waals surface area contributed by atoms with Gasteiger partial charge in [-0.2, -0.15) is 0 Å². The fourth-order valence-corrected chi connectivity index (χ4v) is 4.44. The molecule has 1 rings (SSSR count). The highest BCUT2D eigenvalue weighted by atomic mass is 16.6. The number of hydrogen-bond donors (Lipinski definition) is 1. The first-order valence-corrected chi connectivity index (χ1v) is 14.8. The molecule has 1 unspecified atom stereocenters. The van der Waals surface area contributed by atoms with Crippen molar-refractivity contribution in [2.45, 2.75) is 111 Å². The number of ether oxygens (including phenoxy) is 3. The highest BCUT2D eigenvalue weighted by molar-refractivity contribution is 5.81. The number of nitrogens with two attached hydrogens (primary N) is 1. The third kappa shape index (κ3) is 17.5. The summed E-state index contributed by atoms with van der Waals surface area (Å²) in [5.41, 5.74) is 3.66. The second kappa shape index (κ2) is 16.5. The Labute approximate surface area is 247 Å². The maximum atomic E-state index is 13.4. The van der Waals surface area contributed by atoms with Gasteiger partial charge in [0.15, 0.2) is 0 Å². The molecule has 0 saturated carbocycles. The van der Waals surface area contributed by atoms with Gasteiger partial charge in [-0.15, -0.1) is 0 Å². The molecular formula is C30H56N4O7. The summed E-state index contributed by atoms with van der Waals surface area (Å²) >= 11 is 0. The number of esters is 3. The first-order chi connectivity index (χ1) is 18.8. The minimum Gasteiger partial charge on any atom is -0.459 e. The van der Waals surface area contributed by atoms with Crippen LogP contribution in [0.25, 0.3) is 0 Å². The van der Waals surface area contributed by atoms with E-state index in [0.29, 0.717) is 65.1 Å². The van der Waals surface area contributed by atoms with E-state index in [1.807, 2.05) is 77.0 Å². The molecule has 0 aliphatic carbocycles. The Morgan fingerprint density at radius 1 is 0.659 bits per heavy atom. The summed E-state index contributed by atoms with van der Waals surface area (Å²) in [5, 5.41) is 0. The second-order valence-corrected chi connectivity index (χ2v) is 13.8. The Kier molecular flexibility index (Phi) is 14.9. The zero-order valence-electron chi connectivity index (χ0n) is 27.0. The molecule has 2 N–H and O–H groups in total. The lowest BCUT2D eigenvalue weighted by Gasteiger charge is -2.33. The largest absolute Gasteiger partial charge is 0.459 e. The first kappa shape index (κ1) is 36.9. The molecule has 11 heteroatoms. The third-order valence-corrected chi connectivity index (χ3v) is 6.16. The summed E-state index contributed by atoms with van der Waals surface area (Å²) in [7, 11) is 0.